The predicted octanol–water partition coefficient (Wildman–Crippen LogP) is 2.90. The lowest BCUT2D eigenvalue weighted by Gasteiger charge is -2.26. The molecule has 1 aromatic rings. The molecule has 0 bridgehead atoms. The highest BCUT2D eigenvalue weighted by Gasteiger charge is 2.40. The van der Waals surface area contributed by atoms with Gasteiger partial charge in [0, 0.05) is 11.4 Å². The molecule has 0 radical (unpaired) electrons. The van der Waals surface area contributed by atoms with Crippen molar-refractivity contribution in [3.63, 3.8) is 0 Å². The van der Waals surface area contributed by atoms with Gasteiger partial charge in [-0.15, -0.1) is 11.8 Å². The first kappa shape index (κ1) is 15.6. The van der Waals surface area contributed by atoms with E-state index in [9.17, 15) is 19.1 Å². The first-order chi connectivity index (χ1) is 9.92. The minimum atomic E-state index is -1.02. The molecule has 7 heteroatoms. The van der Waals surface area contributed by atoms with Crippen LogP contribution in [0.1, 0.15) is 18.9 Å². The van der Waals surface area contributed by atoms with E-state index in [4.69, 9.17) is 0 Å². The summed E-state index contributed by atoms with van der Waals surface area (Å²) in [5, 5.41) is 11.6. The number of amides is 2. The zero-order chi connectivity index (χ0) is 15.6. The van der Waals surface area contributed by atoms with Gasteiger partial charge in [0.1, 0.15) is 11.9 Å². The van der Waals surface area contributed by atoms with Crippen LogP contribution in [0.4, 0.5) is 14.9 Å². The summed E-state index contributed by atoms with van der Waals surface area (Å²) in [4.78, 5) is 24.9. The van der Waals surface area contributed by atoms with E-state index in [1.165, 1.54) is 28.8 Å². The van der Waals surface area contributed by atoms with Crippen molar-refractivity contribution >= 4 is 29.4 Å². The average molecular weight is 312 g/mol. The Morgan fingerprint density at radius 2 is 2.19 bits per heavy atom. The van der Waals surface area contributed by atoms with Gasteiger partial charge in [-0.05, 0) is 37.1 Å². The molecule has 2 rings (SSSR count). The maximum absolute atomic E-state index is 13.3. The normalized spacial score (nSPS) is 21.4. The van der Waals surface area contributed by atoms with E-state index >= 15 is 0 Å². The van der Waals surface area contributed by atoms with Crippen molar-refractivity contribution in [1.82, 2.24) is 4.90 Å². The first-order valence-corrected chi connectivity index (χ1v) is 7.68. The molecule has 0 aromatic heterocycles. The van der Waals surface area contributed by atoms with Gasteiger partial charge in [0.2, 0.25) is 0 Å². The second-order valence-corrected chi connectivity index (χ2v) is 6.12. The van der Waals surface area contributed by atoms with Crippen molar-refractivity contribution in [1.29, 1.82) is 0 Å². The number of nitrogens with one attached hydrogen (secondary N) is 1. The molecule has 1 saturated heterocycles. The Hall–Kier alpha value is -1.76. The number of rotatable bonds is 3. The first-order valence-electron chi connectivity index (χ1n) is 6.63. The molecule has 1 aromatic carbocycles. The van der Waals surface area contributed by atoms with Crippen LogP contribution in [-0.4, -0.2) is 39.2 Å². The number of thioether (sulfide) groups is 1. The minimum absolute atomic E-state index is 0.180. The van der Waals surface area contributed by atoms with Gasteiger partial charge in [-0.1, -0.05) is 6.92 Å². The Balaban J connectivity index is 2.18. The maximum atomic E-state index is 13.3. The van der Waals surface area contributed by atoms with Crippen LogP contribution in [-0.2, 0) is 4.79 Å². The number of carboxylic acids is 1. The zero-order valence-corrected chi connectivity index (χ0v) is 12.6. The molecule has 0 aliphatic carbocycles. The molecular formula is C14H17FN2O3S. The molecule has 1 aliphatic rings. The number of hydrogen-bond donors (Lipinski definition) is 2. The van der Waals surface area contributed by atoms with E-state index < -0.39 is 23.9 Å². The van der Waals surface area contributed by atoms with Crippen LogP contribution in [0.25, 0.3) is 0 Å². The molecule has 0 saturated carbocycles. The van der Waals surface area contributed by atoms with E-state index in [1.54, 1.807) is 13.0 Å². The molecule has 2 unspecified atom stereocenters. The zero-order valence-electron chi connectivity index (χ0n) is 11.8. The van der Waals surface area contributed by atoms with E-state index in [1.807, 2.05) is 6.92 Å². The number of aliphatic carboxylic acids is 1. The van der Waals surface area contributed by atoms with Crippen molar-refractivity contribution in [3.8, 4) is 0 Å². The van der Waals surface area contributed by atoms with Crippen LogP contribution >= 0.6 is 11.8 Å². The fraction of sp³-hybridized carbons (Fsp3) is 0.429. The molecule has 2 atom stereocenters. The quantitative estimate of drug-likeness (QED) is 0.900. The third kappa shape index (κ3) is 3.47. The largest absolute Gasteiger partial charge is 0.480 e. The number of anilines is 1. The highest BCUT2D eigenvalue weighted by Crippen LogP contribution is 2.32. The lowest BCUT2D eigenvalue weighted by Crippen LogP contribution is -2.47. The lowest BCUT2D eigenvalue weighted by atomic mass is 10.2. The third-order valence-corrected chi connectivity index (χ3v) is 4.71. The van der Waals surface area contributed by atoms with Crippen LogP contribution in [0.2, 0.25) is 0 Å². The van der Waals surface area contributed by atoms with Gasteiger partial charge in [-0.25, -0.2) is 14.0 Å². The molecule has 5 nitrogen and oxygen atoms in total. The number of carbonyl (C=O) groups is 2. The smallest absolute Gasteiger partial charge is 0.327 e. The van der Waals surface area contributed by atoms with Gasteiger partial charge < -0.3 is 10.4 Å². The summed E-state index contributed by atoms with van der Waals surface area (Å²) in [7, 11) is 0. The molecule has 21 heavy (non-hydrogen) atoms. The van der Waals surface area contributed by atoms with Gasteiger partial charge in [0.25, 0.3) is 0 Å². The Kier molecular flexibility index (Phi) is 4.72. The highest BCUT2D eigenvalue weighted by molar-refractivity contribution is 8.00. The number of halogens is 1. The summed E-state index contributed by atoms with van der Waals surface area (Å²) in [6.07, 6.45) is 0.657. The van der Waals surface area contributed by atoms with Gasteiger partial charge >= 0.3 is 12.0 Å². The fourth-order valence-electron chi connectivity index (χ4n) is 2.34. The van der Waals surface area contributed by atoms with E-state index in [-0.39, 0.29) is 5.37 Å². The van der Waals surface area contributed by atoms with Crippen molar-refractivity contribution in [2.24, 2.45) is 0 Å². The second kappa shape index (κ2) is 6.34. The summed E-state index contributed by atoms with van der Waals surface area (Å²) < 4.78 is 13.3. The summed E-state index contributed by atoms with van der Waals surface area (Å²) in [6.45, 7) is 3.62. The molecule has 114 valence electrons. The number of nitrogens with zero attached hydrogens (tertiary/aromatic N) is 1. The number of benzene rings is 1. The Bertz CT molecular complexity index is 547. The number of aryl methyl sites for hydroxylation is 1. The van der Waals surface area contributed by atoms with Crippen LogP contribution in [0.15, 0.2) is 18.2 Å². The number of hydrogen-bond acceptors (Lipinski definition) is 3. The van der Waals surface area contributed by atoms with Crippen LogP contribution < -0.4 is 5.32 Å². The highest BCUT2D eigenvalue weighted by atomic mass is 32.2. The summed E-state index contributed by atoms with van der Waals surface area (Å²) >= 11 is 1.44. The van der Waals surface area contributed by atoms with Crippen molar-refractivity contribution in [2.75, 3.05) is 11.1 Å². The van der Waals surface area contributed by atoms with Crippen LogP contribution in [0.5, 0.6) is 0 Å². The molecule has 2 N–H and O–H groups in total. The van der Waals surface area contributed by atoms with Gasteiger partial charge in [0.15, 0.2) is 0 Å². The van der Waals surface area contributed by atoms with Crippen LogP contribution in [0, 0.1) is 12.7 Å². The Labute approximate surface area is 126 Å². The van der Waals surface area contributed by atoms with E-state index in [2.05, 4.69) is 5.32 Å². The van der Waals surface area contributed by atoms with Crippen molar-refractivity contribution in [3.05, 3.63) is 29.6 Å². The van der Waals surface area contributed by atoms with Crippen LogP contribution in [0.3, 0.4) is 0 Å². The fourth-order valence-corrected chi connectivity index (χ4v) is 3.68. The summed E-state index contributed by atoms with van der Waals surface area (Å²) in [5.41, 5.74) is 1.01. The molecular weight excluding hydrogens is 295 g/mol. The lowest BCUT2D eigenvalue weighted by molar-refractivity contribution is -0.141. The minimum Gasteiger partial charge on any atom is -0.480 e. The topological polar surface area (TPSA) is 69.6 Å². The predicted molar refractivity (Wildman–Crippen MR) is 80.0 cm³/mol. The molecule has 1 fully saturated rings. The SMILES string of the molecule is CCC1SCC(C(=O)O)N1C(=O)Nc1cc(C)cc(F)c1. The summed E-state index contributed by atoms with van der Waals surface area (Å²) in [6, 6.07) is 2.85. The van der Waals surface area contributed by atoms with E-state index in [0.29, 0.717) is 23.4 Å². The standard InChI is InChI=1S/C14H17FN2O3S/c1-3-12-17(11(7-21-12)13(18)19)14(20)16-10-5-8(2)4-9(15)6-10/h4-6,11-12H,3,7H2,1-2H3,(H,16,20)(H,18,19). The number of carbonyl (C=O) groups excluding carboxylic acids is 1. The third-order valence-electron chi connectivity index (χ3n) is 3.25. The van der Waals surface area contributed by atoms with Gasteiger partial charge in [-0.2, -0.15) is 0 Å². The molecule has 1 heterocycles. The molecule has 0 spiro atoms. The average Bonchev–Trinajstić information content (AvgIpc) is 2.81. The second-order valence-electron chi connectivity index (χ2n) is 4.90. The molecule has 1 aliphatic heterocycles. The van der Waals surface area contributed by atoms with Gasteiger partial charge in [-0.3, -0.25) is 4.90 Å². The Morgan fingerprint density at radius 1 is 1.48 bits per heavy atom. The summed E-state index contributed by atoms with van der Waals surface area (Å²) in [5.74, 6) is -1.10. The van der Waals surface area contributed by atoms with Crippen molar-refractivity contribution < 1.29 is 19.1 Å². The number of urea groups is 1. The Morgan fingerprint density at radius 3 is 2.76 bits per heavy atom. The van der Waals surface area contributed by atoms with Gasteiger partial charge in [0.05, 0.1) is 5.37 Å². The number of carboxylic acid groups (broad SMARTS) is 1. The van der Waals surface area contributed by atoms with E-state index in [0.717, 1.165) is 0 Å². The van der Waals surface area contributed by atoms with Crippen molar-refractivity contribution in [2.45, 2.75) is 31.7 Å². The maximum Gasteiger partial charge on any atom is 0.327 e. The monoisotopic (exact) mass is 312 g/mol. The molecule has 2 amide bonds.